The number of nitrogens with zero attached hydrogens (tertiary/aromatic N) is 2. The van der Waals surface area contributed by atoms with E-state index in [0.29, 0.717) is 6.54 Å². The van der Waals surface area contributed by atoms with E-state index in [1.165, 1.54) is 24.2 Å². The van der Waals surface area contributed by atoms with Crippen molar-refractivity contribution in [2.45, 2.75) is 6.92 Å². The molecule has 0 aliphatic rings. The second kappa shape index (κ2) is 6.15. The molecule has 0 unspecified atom stereocenters. The summed E-state index contributed by atoms with van der Waals surface area (Å²) >= 11 is 0. The van der Waals surface area contributed by atoms with Crippen molar-refractivity contribution in [2.75, 3.05) is 32.1 Å². The molecule has 2 N–H and O–H groups in total. The Morgan fingerprint density at radius 1 is 1.65 bits per heavy atom. The minimum atomic E-state index is -0.670. The van der Waals surface area contributed by atoms with Crippen LogP contribution in [0.15, 0.2) is 12.3 Å². The molecule has 1 aromatic rings. The standard InChI is InChI=1S/C11H16FN3O2/c1-3-15(6-7-16)11(17)8-4-5-14-10(13-2)9(8)12/h4-5,16H,3,6-7H2,1-2H3,(H,13,14). The highest BCUT2D eigenvalue weighted by molar-refractivity contribution is 5.95. The highest BCUT2D eigenvalue weighted by atomic mass is 19.1. The Bertz CT molecular complexity index is 398. The average molecular weight is 241 g/mol. The monoisotopic (exact) mass is 241 g/mol. The molecule has 0 spiro atoms. The van der Waals surface area contributed by atoms with Crippen molar-refractivity contribution in [2.24, 2.45) is 0 Å². The van der Waals surface area contributed by atoms with Crippen molar-refractivity contribution in [1.82, 2.24) is 9.88 Å². The molecular weight excluding hydrogens is 225 g/mol. The van der Waals surface area contributed by atoms with Gasteiger partial charge in [-0.1, -0.05) is 0 Å². The van der Waals surface area contributed by atoms with Gasteiger partial charge in [0.25, 0.3) is 5.91 Å². The molecule has 94 valence electrons. The van der Waals surface area contributed by atoms with Crippen LogP contribution in [0.25, 0.3) is 0 Å². The van der Waals surface area contributed by atoms with Crippen molar-refractivity contribution >= 4 is 11.7 Å². The molecule has 0 radical (unpaired) electrons. The van der Waals surface area contributed by atoms with Crippen LogP contribution in [0, 0.1) is 5.82 Å². The zero-order valence-electron chi connectivity index (χ0n) is 9.90. The molecule has 1 aromatic heterocycles. The van der Waals surface area contributed by atoms with Crippen LogP contribution in [-0.2, 0) is 0 Å². The Labute approximate surface area is 99.3 Å². The van der Waals surface area contributed by atoms with Gasteiger partial charge < -0.3 is 15.3 Å². The summed E-state index contributed by atoms with van der Waals surface area (Å²) in [7, 11) is 1.53. The van der Waals surface area contributed by atoms with Gasteiger partial charge in [0.2, 0.25) is 0 Å². The summed E-state index contributed by atoms with van der Waals surface area (Å²) in [6.45, 7) is 2.22. The Morgan fingerprint density at radius 3 is 2.88 bits per heavy atom. The lowest BCUT2D eigenvalue weighted by Gasteiger charge is -2.20. The van der Waals surface area contributed by atoms with Crippen LogP contribution in [0.3, 0.4) is 0 Å². The molecule has 6 heteroatoms. The van der Waals surface area contributed by atoms with E-state index in [-0.39, 0.29) is 24.5 Å². The average Bonchev–Trinajstić information content (AvgIpc) is 2.35. The summed E-state index contributed by atoms with van der Waals surface area (Å²) in [6.07, 6.45) is 1.37. The number of carbonyl (C=O) groups excluding carboxylic acids is 1. The number of rotatable bonds is 5. The Balaban J connectivity index is 3.02. The van der Waals surface area contributed by atoms with Gasteiger partial charge in [-0.3, -0.25) is 4.79 Å². The van der Waals surface area contributed by atoms with E-state index in [2.05, 4.69) is 10.3 Å². The number of aliphatic hydroxyl groups is 1. The van der Waals surface area contributed by atoms with E-state index in [9.17, 15) is 9.18 Å². The number of hydrogen-bond acceptors (Lipinski definition) is 4. The van der Waals surface area contributed by atoms with Gasteiger partial charge in [0.1, 0.15) is 0 Å². The van der Waals surface area contributed by atoms with Crippen LogP contribution in [0.5, 0.6) is 0 Å². The van der Waals surface area contributed by atoms with Crippen LogP contribution < -0.4 is 5.32 Å². The van der Waals surface area contributed by atoms with Gasteiger partial charge in [-0.15, -0.1) is 0 Å². The molecule has 0 saturated carbocycles. The highest BCUT2D eigenvalue weighted by Crippen LogP contribution is 2.16. The van der Waals surface area contributed by atoms with Crippen LogP contribution in [0.1, 0.15) is 17.3 Å². The number of carbonyl (C=O) groups is 1. The highest BCUT2D eigenvalue weighted by Gasteiger charge is 2.19. The van der Waals surface area contributed by atoms with Crippen molar-refractivity contribution < 1.29 is 14.3 Å². The topological polar surface area (TPSA) is 65.5 Å². The minimum absolute atomic E-state index is 0.0379. The predicted molar refractivity (Wildman–Crippen MR) is 62.4 cm³/mol. The van der Waals surface area contributed by atoms with Gasteiger partial charge in [-0.2, -0.15) is 0 Å². The third-order valence-corrected chi connectivity index (χ3v) is 2.40. The van der Waals surface area contributed by atoms with Crippen molar-refractivity contribution in [3.63, 3.8) is 0 Å². The summed E-state index contributed by atoms with van der Waals surface area (Å²) in [5, 5.41) is 11.4. The maximum absolute atomic E-state index is 13.8. The lowest BCUT2D eigenvalue weighted by Crippen LogP contribution is -2.34. The zero-order chi connectivity index (χ0) is 12.8. The van der Waals surface area contributed by atoms with E-state index in [1.807, 2.05) is 0 Å². The number of nitrogens with one attached hydrogen (secondary N) is 1. The molecule has 1 heterocycles. The fourth-order valence-corrected chi connectivity index (χ4v) is 1.48. The van der Waals surface area contributed by atoms with Gasteiger partial charge in [-0.05, 0) is 13.0 Å². The number of likely N-dealkylation sites (N-methyl/N-ethyl adjacent to an activating group) is 1. The smallest absolute Gasteiger partial charge is 0.257 e. The third kappa shape index (κ3) is 2.91. The largest absolute Gasteiger partial charge is 0.395 e. The maximum atomic E-state index is 13.8. The normalized spacial score (nSPS) is 10.1. The number of aromatic nitrogens is 1. The summed E-state index contributed by atoms with van der Waals surface area (Å²) in [5.41, 5.74) is -0.0420. The van der Waals surface area contributed by atoms with Gasteiger partial charge in [-0.25, -0.2) is 9.37 Å². The second-order valence-corrected chi connectivity index (χ2v) is 3.38. The second-order valence-electron chi connectivity index (χ2n) is 3.38. The third-order valence-electron chi connectivity index (χ3n) is 2.40. The van der Waals surface area contributed by atoms with Gasteiger partial charge >= 0.3 is 0 Å². The summed E-state index contributed by atoms with van der Waals surface area (Å²) < 4.78 is 13.8. The number of amides is 1. The van der Waals surface area contributed by atoms with Crippen LogP contribution in [0.2, 0.25) is 0 Å². The Hall–Kier alpha value is -1.69. The Morgan fingerprint density at radius 2 is 2.35 bits per heavy atom. The molecule has 0 fully saturated rings. The fourth-order valence-electron chi connectivity index (χ4n) is 1.48. The number of halogens is 1. The summed E-state index contributed by atoms with van der Waals surface area (Å²) in [4.78, 5) is 17.1. The maximum Gasteiger partial charge on any atom is 0.257 e. The van der Waals surface area contributed by atoms with Crippen molar-refractivity contribution in [3.05, 3.63) is 23.6 Å². The van der Waals surface area contributed by atoms with Gasteiger partial charge in [0.15, 0.2) is 11.6 Å². The molecule has 0 bridgehead atoms. The lowest BCUT2D eigenvalue weighted by molar-refractivity contribution is 0.0727. The molecule has 1 rings (SSSR count). The van der Waals surface area contributed by atoms with Crippen molar-refractivity contribution in [3.8, 4) is 0 Å². The van der Waals surface area contributed by atoms with E-state index in [0.717, 1.165) is 0 Å². The molecule has 0 saturated heterocycles. The van der Waals surface area contributed by atoms with Crippen LogP contribution in [-0.4, -0.2) is 47.6 Å². The molecule has 0 aromatic carbocycles. The van der Waals surface area contributed by atoms with E-state index in [1.54, 1.807) is 6.92 Å². The first-order valence-electron chi connectivity index (χ1n) is 5.38. The molecular formula is C11H16FN3O2. The predicted octanol–water partition coefficient (Wildman–Crippen LogP) is 0.717. The first-order valence-corrected chi connectivity index (χ1v) is 5.38. The van der Waals surface area contributed by atoms with E-state index < -0.39 is 11.7 Å². The van der Waals surface area contributed by atoms with Crippen molar-refractivity contribution in [1.29, 1.82) is 0 Å². The minimum Gasteiger partial charge on any atom is -0.395 e. The number of hydrogen-bond donors (Lipinski definition) is 2. The SMILES string of the molecule is CCN(CCO)C(=O)c1ccnc(NC)c1F. The van der Waals surface area contributed by atoms with Gasteiger partial charge in [0.05, 0.1) is 12.2 Å². The van der Waals surface area contributed by atoms with Crippen LogP contribution in [0.4, 0.5) is 10.2 Å². The number of aliphatic hydroxyl groups excluding tert-OH is 1. The number of anilines is 1. The van der Waals surface area contributed by atoms with E-state index in [4.69, 9.17) is 5.11 Å². The van der Waals surface area contributed by atoms with Gasteiger partial charge in [0, 0.05) is 26.3 Å². The molecule has 1 amide bonds. The first kappa shape index (κ1) is 13.4. The number of pyridine rings is 1. The fraction of sp³-hybridized carbons (Fsp3) is 0.455. The van der Waals surface area contributed by atoms with Crippen LogP contribution >= 0.6 is 0 Å². The zero-order valence-corrected chi connectivity index (χ0v) is 9.90. The molecule has 17 heavy (non-hydrogen) atoms. The van der Waals surface area contributed by atoms with E-state index >= 15 is 0 Å². The summed E-state index contributed by atoms with van der Waals surface area (Å²) in [6, 6.07) is 1.33. The molecule has 0 aliphatic carbocycles. The molecule has 0 atom stereocenters. The lowest BCUT2D eigenvalue weighted by atomic mass is 10.2. The molecule has 0 aliphatic heterocycles. The quantitative estimate of drug-likeness (QED) is 0.797. The summed E-state index contributed by atoms with van der Waals surface area (Å²) in [5.74, 6) is -1.08. The first-order chi connectivity index (χ1) is 8.15. The molecule has 5 nitrogen and oxygen atoms in total. The Kier molecular flexibility index (Phi) is 4.84.